The second-order valence-corrected chi connectivity index (χ2v) is 8.35. The lowest BCUT2D eigenvalue weighted by atomic mass is 10.2. The Morgan fingerprint density at radius 3 is 2.59 bits per heavy atom. The molecule has 1 aliphatic heterocycles. The van der Waals surface area contributed by atoms with Crippen LogP contribution in [0.3, 0.4) is 0 Å². The molecule has 3 amide bonds. The van der Waals surface area contributed by atoms with Crippen molar-refractivity contribution in [3.05, 3.63) is 47.4 Å². The minimum Gasteiger partial charge on any atom is -0.368 e. The smallest absolute Gasteiger partial charge is 0.320 e. The van der Waals surface area contributed by atoms with Gasteiger partial charge in [0.25, 0.3) is 5.91 Å². The molecule has 170 valence electrons. The molecule has 0 spiro atoms. The van der Waals surface area contributed by atoms with Crippen LogP contribution in [0.1, 0.15) is 41.5 Å². The van der Waals surface area contributed by atoms with Gasteiger partial charge in [0, 0.05) is 51.5 Å². The van der Waals surface area contributed by atoms with Crippen molar-refractivity contribution in [3.63, 3.8) is 0 Å². The number of anilines is 2. The van der Waals surface area contributed by atoms with Gasteiger partial charge in [-0.1, -0.05) is 0 Å². The molecule has 4 rings (SSSR count). The summed E-state index contributed by atoms with van der Waals surface area (Å²) in [6, 6.07) is 7.83. The summed E-state index contributed by atoms with van der Waals surface area (Å²) < 4.78 is 0. The maximum Gasteiger partial charge on any atom is 0.320 e. The van der Waals surface area contributed by atoms with Crippen LogP contribution in [0.25, 0.3) is 0 Å². The predicted octanol–water partition coefficient (Wildman–Crippen LogP) is 2.14. The van der Waals surface area contributed by atoms with Crippen molar-refractivity contribution in [3.8, 4) is 0 Å². The van der Waals surface area contributed by atoms with Crippen LogP contribution in [-0.4, -0.2) is 65.6 Å². The van der Waals surface area contributed by atoms with Gasteiger partial charge >= 0.3 is 6.03 Å². The summed E-state index contributed by atoms with van der Waals surface area (Å²) in [7, 11) is 0. The molecule has 3 N–H and O–H groups in total. The lowest BCUT2D eigenvalue weighted by Gasteiger charge is -2.36. The van der Waals surface area contributed by atoms with Crippen molar-refractivity contribution in [1.29, 1.82) is 0 Å². The van der Waals surface area contributed by atoms with Crippen LogP contribution < -0.4 is 20.9 Å². The SMILES string of the molecule is CCNC(=O)Nc1cc(CN2CCN(c3ccc(C(=O)NC4CC4)nc3C)CC2)ccn1. The normalized spacial score (nSPS) is 16.5. The summed E-state index contributed by atoms with van der Waals surface area (Å²) in [5.41, 5.74) is 3.58. The first-order valence-corrected chi connectivity index (χ1v) is 11.3. The van der Waals surface area contributed by atoms with E-state index in [0.717, 1.165) is 62.5 Å². The molecule has 1 saturated carbocycles. The first-order valence-electron chi connectivity index (χ1n) is 11.3. The molecule has 0 unspecified atom stereocenters. The largest absolute Gasteiger partial charge is 0.368 e. The van der Waals surface area contributed by atoms with E-state index in [1.54, 1.807) is 6.20 Å². The van der Waals surface area contributed by atoms with Crippen LogP contribution in [0.4, 0.5) is 16.3 Å². The Labute approximate surface area is 188 Å². The lowest BCUT2D eigenvalue weighted by molar-refractivity contribution is 0.0946. The van der Waals surface area contributed by atoms with E-state index in [9.17, 15) is 9.59 Å². The molecule has 0 bridgehead atoms. The van der Waals surface area contributed by atoms with Gasteiger partial charge in [0.2, 0.25) is 0 Å². The van der Waals surface area contributed by atoms with Crippen molar-refractivity contribution in [1.82, 2.24) is 25.5 Å². The molecule has 0 atom stereocenters. The number of hydrogen-bond donors (Lipinski definition) is 3. The van der Waals surface area contributed by atoms with Crippen LogP contribution in [0, 0.1) is 6.92 Å². The molecule has 1 aliphatic carbocycles. The molecule has 3 heterocycles. The van der Waals surface area contributed by atoms with Gasteiger partial charge in [-0.3, -0.25) is 15.0 Å². The number of aromatic nitrogens is 2. The number of nitrogens with zero attached hydrogens (tertiary/aromatic N) is 4. The Balaban J connectivity index is 1.30. The van der Waals surface area contributed by atoms with Crippen molar-refractivity contribution >= 4 is 23.4 Å². The average molecular weight is 438 g/mol. The molecule has 9 nitrogen and oxygen atoms in total. The van der Waals surface area contributed by atoms with Crippen molar-refractivity contribution < 1.29 is 9.59 Å². The highest BCUT2D eigenvalue weighted by atomic mass is 16.2. The molecular weight excluding hydrogens is 406 g/mol. The number of piperazine rings is 1. The van der Waals surface area contributed by atoms with Gasteiger partial charge < -0.3 is 15.5 Å². The molecule has 2 aliphatic rings. The second kappa shape index (κ2) is 9.95. The van der Waals surface area contributed by atoms with Gasteiger partial charge in [-0.15, -0.1) is 0 Å². The topological polar surface area (TPSA) is 102 Å². The summed E-state index contributed by atoms with van der Waals surface area (Å²) in [5, 5.41) is 8.46. The number of rotatable bonds is 7. The highest BCUT2D eigenvalue weighted by Crippen LogP contribution is 2.23. The van der Waals surface area contributed by atoms with E-state index in [2.05, 4.69) is 35.7 Å². The van der Waals surface area contributed by atoms with Crippen LogP contribution >= 0.6 is 0 Å². The number of amides is 3. The Hall–Kier alpha value is -3.20. The molecule has 2 aromatic rings. The number of carbonyl (C=O) groups is 2. The van der Waals surface area contributed by atoms with Crippen LogP contribution in [0.5, 0.6) is 0 Å². The molecule has 9 heteroatoms. The van der Waals surface area contributed by atoms with Crippen molar-refractivity contribution in [2.75, 3.05) is 42.9 Å². The fourth-order valence-electron chi connectivity index (χ4n) is 3.87. The standard InChI is InChI=1S/C23H31N7O2/c1-3-24-23(32)28-21-14-17(8-9-25-21)15-29-10-12-30(13-11-29)20-7-6-19(26-16(20)2)22(31)27-18-4-5-18/h6-9,14,18H,3-5,10-13,15H2,1-2H3,(H,27,31)(H2,24,25,28,32). The van der Waals surface area contributed by atoms with Gasteiger partial charge in [-0.2, -0.15) is 0 Å². The molecule has 2 fully saturated rings. The maximum absolute atomic E-state index is 12.2. The quantitative estimate of drug-likeness (QED) is 0.613. The van der Waals surface area contributed by atoms with Crippen molar-refractivity contribution in [2.45, 2.75) is 39.3 Å². The van der Waals surface area contributed by atoms with E-state index in [0.29, 0.717) is 24.1 Å². The number of hydrogen-bond acceptors (Lipinski definition) is 6. The number of urea groups is 1. The fraction of sp³-hybridized carbons (Fsp3) is 0.478. The zero-order chi connectivity index (χ0) is 22.5. The number of nitrogens with one attached hydrogen (secondary N) is 3. The average Bonchev–Trinajstić information content (AvgIpc) is 3.59. The maximum atomic E-state index is 12.2. The Morgan fingerprint density at radius 2 is 1.91 bits per heavy atom. The highest BCUT2D eigenvalue weighted by Gasteiger charge is 2.25. The molecule has 0 radical (unpaired) electrons. The zero-order valence-corrected chi connectivity index (χ0v) is 18.7. The molecule has 1 saturated heterocycles. The van der Waals surface area contributed by atoms with Crippen LogP contribution in [0.15, 0.2) is 30.5 Å². The molecular formula is C23H31N7O2. The minimum absolute atomic E-state index is 0.0784. The fourth-order valence-corrected chi connectivity index (χ4v) is 3.87. The Kier molecular flexibility index (Phi) is 6.84. The molecule has 0 aromatic carbocycles. The number of carbonyl (C=O) groups excluding carboxylic acids is 2. The van der Waals surface area contributed by atoms with Gasteiger partial charge in [0.15, 0.2) is 0 Å². The minimum atomic E-state index is -0.245. The van der Waals surface area contributed by atoms with Gasteiger partial charge in [0.05, 0.1) is 11.4 Å². The van der Waals surface area contributed by atoms with E-state index in [1.807, 2.05) is 38.1 Å². The number of aryl methyl sites for hydroxylation is 1. The molecule has 32 heavy (non-hydrogen) atoms. The Bertz CT molecular complexity index is 969. The summed E-state index contributed by atoms with van der Waals surface area (Å²) in [6.45, 7) is 8.85. The van der Waals surface area contributed by atoms with Crippen LogP contribution in [0.2, 0.25) is 0 Å². The van der Waals surface area contributed by atoms with Gasteiger partial charge in [-0.05, 0) is 56.5 Å². The van der Waals surface area contributed by atoms with Gasteiger partial charge in [-0.25, -0.2) is 14.8 Å². The summed E-state index contributed by atoms with van der Waals surface area (Å²) in [6.07, 6.45) is 3.86. The molecule has 2 aromatic heterocycles. The zero-order valence-electron chi connectivity index (χ0n) is 18.7. The summed E-state index contributed by atoms with van der Waals surface area (Å²) in [5.74, 6) is 0.477. The van der Waals surface area contributed by atoms with E-state index in [4.69, 9.17) is 0 Å². The van der Waals surface area contributed by atoms with Crippen LogP contribution in [-0.2, 0) is 6.54 Å². The van der Waals surface area contributed by atoms with Crippen molar-refractivity contribution in [2.24, 2.45) is 0 Å². The van der Waals surface area contributed by atoms with Gasteiger partial charge in [0.1, 0.15) is 11.5 Å². The third kappa shape index (κ3) is 5.73. The van der Waals surface area contributed by atoms with E-state index >= 15 is 0 Å². The van der Waals surface area contributed by atoms with E-state index in [-0.39, 0.29) is 11.9 Å². The predicted molar refractivity (Wildman–Crippen MR) is 124 cm³/mol. The lowest BCUT2D eigenvalue weighted by Crippen LogP contribution is -2.46. The third-order valence-electron chi connectivity index (χ3n) is 5.73. The Morgan fingerprint density at radius 1 is 1.12 bits per heavy atom. The second-order valence-electron chi connectivity index (χ2n) is 8.35. The first kappa shape index (κ1) is 22.0. The van der Waals surface area contributed by atoms with E-state index < -0.39 is 0 Å². The first-order chi connectivity index (χ1) is 15.5. The number of pyridine rings is 2. The van der Waals surface area contributed by atoms with E-state index in [1.165, 1.54) is 0 Å². The summed E-state index contributed by atoms with van der Waals surface area (Å²) in [4.78, 5) is 37.4. The third-order valence-corrected chi connectivity index (χ3v) is 5.73. The highest BCUT2D eigenvalue weighted by molar-refractivity contribution is 5.93. The summed E-state index contributed by atoms with van der Waals surface area (Å²) >= 11 is 0. The monoisotopic (exact) mass is 437 g/mol.